The van der Waals surface area contributed by atoms with Crippen molar-refractivity contribution in [3.8, 4) is 0 Å². The highest BCUT2D eigenvalue weighted by Gasteiger charge is 2.42. The maximum atomic E-state index is 12.7. The molecule has 148 valence electrons. The fourth-order valence-corrected chi connectivity index (χ4v) is 4.16. The Kier molecular flexibility index (Phi) is 7.29. The zero-order valence-corrected chi connectivity index (χ0v) is 16.8. The van der Waals surface area contributed by atoms with Crippen molar-refractivity contribution in [1.82, 2.24) is 20.4 Å². The van der Waals surface area contributed by atoms with Crippen molar-refractivity contribution in [2.75, 3.05) is 47.3 Å². The molecule has 0 aromatic carbocycles. The molecule has 1 heterocycles. The Morgan fingerprint density at radius 3 is 2.27 bits per heavy atom. The van der Waals surface area contributed by atoms with Gasteiger partial charge in [-0.1, -0.05) is 12.8 Å². The summed E-state index contributed by atoms with van der Waals surface area (Å²) in [6.45, 7) is 4.80. The number of nitrogens with zero attached hydrogens (tertiary/aromatic N) is 3. The third-order valence-corrected chi connectivity index (χ3v) is 5.86. The molecule has 1 aliphatic carbocycles. The lowest BCUT2D eigenvalue weighted by atomic mass is 9.84. The van der Waals surface area contributed by atoms with Crippen LogP contribution in [0.5, 0.6) is 0 Å². The molecule has 1 aliphatic heterocycles. The van der Waals surface area contributed by atoms with Crippen LogP contribution in [0.4, 0.5) is 0 Å². The summed E-state index contributed by atoms with van der Waals surface area (Å²) in [6, 6.07) is 0. The molecule has 2 amide bonds. The number of carbonyl (C=O) groups excluding carboxylic acids is 2. The average Bonchev–Trinajstić information content (AvgIpc) is 3.11. The lowest BCUT2D eigenvalue weighted by Gasteiger charge is -2.33. The van der Waals surface area contributed by atoms with Crippen LogP contribution in [-0.4, -0.2) is 74.9 Å². The smallest absolute Gasteiger partial charge is 0.230 e. The number of piperidine rings is 1. The van der Waals surface area contributed by atoms with Gasteiger partial charge in [0.1, 0.15) is 0 Å². The minimum absolute atomic E-state index is 0.168. The zero-order valence-electron chi connectivity index (χ0n) is 16.8. The largest absolute Gasteiger partial charge is 0.356 e. The number of guanidine groups is 1. The quantitative estimate of drug-likeness (QED) is 0.564. The molecule has 7 nitrogen and oxygen atoms in total. The Labute approximate surface area is 157 Å². The van der Waals surface area contributed by atoms with Gasteiger partial charge in [-0.2, -0.15) is 0 Å². The minimum Gasteiger partial charge on any atom is -0.356 e. The van der Waals surface area contributed by atoms with Gasteiger partial charge in [-0.25, -0.2) is 0 Å². The van der Waals surface area contributed by atoms with Crippen molar-refractivity contribution in [2.45, 2.75) is 45.4 Å². The van der Waals surface area contributed by atoms with Crippen LogP contribution in [0, 0.1) is 11.3 Å². The van der Waals surface area contributed by atoms with E-state index in [0.29, 0.717) is 12.5 Å². The van der Waals surface area contributed by atoms with Gasteiger partial charge in [0.25, 0.3) is 0 Å². The Hall–Kier alpha value is -1.79. The number of carbonyl (C=O) groups is 2. The fraction of sp³-hybridized carbons (Fsp3) is 0.842. The standard InChI is InChI=1S/C19H35N5O2/c1-15(25)24-11-7-16(8-12-24)13-21-18(20-2)22-14-19(9-5-6-10-19)17(26)23(3)4/h16H,5-14H2,1-4H3,(H2,20,21,22). The van der Waals surface area contributed by atoms with Crippen LogP contribution in [0.15, 0.2) is 4.99 Å². The van der Waals surface area contributed by atoms with Crippen molar-refractivity contribution in [1.29, 1.82) is 0 Å². The second-order valence-corrected chi connectivity index (χ2v) is 7.94. The maximum Gasteiger partial charge on any atom is 0.230 e. The first-order valence-electron chi connectivity index (χ1n) is 9.80. The minimum atomic E-state index is -0.298. The first-order valence-corrected chi connectivity index (χ1v) is 9.80. The molecule has 0 radical (unpaired) electrons. The predicted octanol–water partition coefficient (Wildman–Crippen LogP) is 1.06. The van der Waals surface area contributed by atoms with Gasteiger partial charge < -0.3 is 20.4 Å². The van der Waals surface area contributed by atoms with Crippen molar-refractivity contribution >= 4 is 17.8 Å². The molecule has 0 spiro atoms. The number of aliphatic imine (C=N–C) groups is 1. The summed E-state index contributed by atoms with van der Waals surface area (Å²) in [5.74, 6) is 1.70. The topological polar surface area (TPSA) is 77.0 Å². The van der Waals surface area contributed by atoms with Gasteiger partial charge in [0.05, 0.1) is 5.41 Å². The predicted molar refractivity (Wildman–Crippen MR) is 104 cm³/mol. The van der Waals surface area contributed by atoms with E-state index in [0.717, 1.165) is 64.1 Å². The van der Waals surface area contributed by atoms with Gasteiger partial charge in [0.2, 0.25) is 11.8 Å². The lowest BCUT2D eigenvalue weighted by Crippen LogP contribution is -2.50. The molecule has 0 aromatic rings. The lowest BCUT2D eigenvalue weighted by molar-refractivity contribution is -0.138. The molecule has 2 fully saturated rings. The molecule has 7 heteroatoms. The van der Waals surface area contributed by atoms with Crippen molar-refractivity contribution in [3.05, 3.63) is 0 Å². The molecule has 0 unspecified atom stereocenters. The van der Waals surface area contributed by atoms with Crippen LogP contribution in [0.25, 0.3) is 0 Å². The molecule has 26 heavy (non-hydrogen) atoms. The Bertz CT molecular complexity index is 518. The maximum absolute atomic E-state index is 12.7. The molecule has 1 saturated carbocycles. The molecule has 2 rings (SSSR count). The van der Waals surface area contributed by atoms with Crippen LogP contribution < -0.4 is 10.6 Å². The van der Waals surface area contributed by atoms with Crippen LogP contribution in [0.2, 0.25) is 0 Å². The second kappa shape index (κ2) is 9.24. The first kappa shape index (κ1) is 20.5. The van der Waals surface area contributed by atoms with E-state index in [2.05, 4.69) is 15.6 Å². The normalized spacial score (nSPS) is 20.8. The summed E-state index contributed by atoms with van der Waals surface area (Å²) in [5, 5.41) is 6.78. The van der Waals surface area contributed by atoms with E-state index in [1.54, 1.807) is 18.9 Å². The second-order valence-electron chi connectivity index (χ2n) is 7.94. The van der Waals surface area contributed by atoms with Gasteiger partial charge in [0, 0.05) is 54.2 Å². The molecule has 0 bridgehead atoms. The third-order valence-electron chi connectivity index (χ3n) is 5.86. The summed E-state index contributed by atoms with van der Waals surface area (Å²) in [4.78, 5) is 32.0. The molecule has 0 atom stereocenters. The van der Waals surface area contributed by atoms with Crippen LogP contribution in [0.1, 0.15) is 45.4 Å². The van der Waals surface area contributed by atoms with E-state index in [1.807, 2.05) is 19.0 Å². The van der Waals surface area contributed by atoms with E-state index in [9.17, 15) is 9.59 Å². The highest BCUT2D eigenvalue weighted by molar-refractivity contribution is 5.85. The Morgan fingerprint density at radius 2 is 1.77 bits per heavy atom. The Morgan fingerprint density at radius 1 is 1.15 bits per heavy atom. The van der Waals surface area contributed by atoms with Crippen LogP contribution in [-0.2, 0) is 9.59 Å². The summed E-state index contributed by atoms with van der Waals surface area (Å²) >= 11 is 0. The number of likely N-dealkylation sites (tertiary alicyclic amines) is 1. The van der Waals surface area contributed by atoms with Crippen LogP contribution >= 0.6 is 0 Å². The van der Waals surface area contributed by atoms with Gasteiger partial charge in [0.15, 0.2) is 5.96 Å². The monoisotopic (exact) mass is 365 g/mol. The van der Waals surface area contributed by atoms with E-state index in [1.165, 1.54) is 0 Å². The fourth-order valence-electron chi connectivity index (χ4n) is 4.16. The highest BCUT2D eigenvalue weighted by atomic mass is 16.2. The number of rotatable bonds is 5. The van der Waals surface area contributed by atoms with Crippen molar-refractivity contribution in [2.24, 2.45) is 16.3 Å². The molecule has 2 N–H and O–H groups in total. The van der Waals surface area contributed by atoms with Gasteiger partial charge in [-0.05, 0) is 31.6 Å². The van der Waals surface area contributed by atoms with Gasteiger partial charge >= 0.3 is 0 Å². The first-order chi connectivity index (χ1) is 12.4. The summed E-state index contributed by atoms with van der Waals surface area (Å²) < 4.78 is 0. The summed E-state index contributed by atoms with van der Waals surface area (Å²) in [7, 11) is 5.44. The molecule has 2 aliphatic rings. The van der Waals surface area contributed by atoms with E-state index in [4.69, 9.17) is 0 Å². The average molecular weight is 366 g/mol. The third kappa shape index (κ3) is 5.11. The van der Waals surface area contributed by atoms with E-state index in [-0.39, 0.29) is 17.2 Å². The van der Waals surface area contributed by atoms with Crippen molar-refractivity contribution in [3.63, 3.8) is 0 Å². The van der Waals surface area contributed by atoms with Crippen molar-refractivity contribution < 1.29 is 9.59 Å². The summed E-state index contributed by atoms with van der Waals surface area (Å²) in [5.41, 5.74) is -0.298. The molecular formula is C19H35N5O2. The molecule has 0 aromatic heterocycles. The highest BCUT2D eigenvalue weighted by Crippen LogP contribution is 2.38. The van der Waals surface area contributed by atoms with Crippen LogP contribution in [0.3, 0.4) is 0 Å². The Balaban J connectivity index is 1.80. The van der Waals surface area contributed by atoms with Gasteiger partial charge in [-0.15, -0.1) is 0 Å². The SMILES string of the molecule is CN=C(NCC1CCN(C(C)=O)CC1)NCC1(C(=O)N(C)C)CCCC1. The van der Waals surface area contributed by atoms with E-state index >= 15 is 0 Å². The summed E-state index contributed by atoms with van der Waals surface area (Å²) in [6.07, 6.45) is 6.15. The number of amides is 2. The number of hydrogen-bond donors (Lipinski definition) is 2. The zero-order chi connectivity index (χ0) is 19.2. The number of nitrogens with one attached hydrogen (secondary N) is 2. The number of hydrogen-bond acceptors (Lipinski definition) is 3. The molecule has 1 saturated heterocycles. The van der Waals surface area contributed by atoms with E-state index < -0.39 is 0 Å². The molecular weight excluding hydrogens is 330 g/mol. The van der Waals surface area contributed by atoms with Gasteiger partial charge in [-0.3, -0.25) is 14.6 Å².